The lowest BCUT2D eigenvalue weighted by molar-refractivity contribution is -0.115. The van der Waals surface area contributed by atoms with Gasteiger partial charge in [-0.15, -0.1) is 0 Å². The van der Waals surface area contributed by atoms with Gasteiger partial charge in [-0.3, -0.25) is 9.79 Å². The van der Waals surface area contributed by atoms with Crippen LogP contribution in [-0.2, 0) is 14.8 Å². The van der Waals surface area contributed by atoms with Crippen LogP contribution in [0.25, 0.3) is 0 Å². The van der Waals surface area contributed by atoms with Crippen LogP contribution in [0.4, 0.5) is 0 Å². The number of piperidine rings is 1. The molecule has 4 rings (SSSR count). The van der Waals surface area contributed by atoms with Crippen LogP contribution in [0.2, 0.25) is 0 Å². The largest absolute Gasteiger partial charge is 0.497 e. The molecule has 8 heteroatoms. The molecule has 2 aromatic carbocycles. The Kier molecular flexibility index (Phi) is 5.15. The normalized spacial score (nSPS) is 18.9. The lowest BCUT2D eigenvalue weighted by Crippen LogP contribution is -2.52. The Morgan fingerprint density at radius 2 is 1.73 bits per heavy atom. The zero-order valence-electron chi connectivity index (χ0n) is 17.3. The van der Waals surface area contributed by atoms with Gasteiger partial charge in [0.15, 0.2) is 0 Å². The molecule has 1 fully saturated rings. The monoisotopic (exact) mass is 427 g/mol. The van der Waals surface area contributed by atoms with Gasteiger partial charge in [0.25, 0.3) is 5.91 Å². The zero-order valence-corrected chi connectivity index (χ0v) is 18.1. The summed E-state index contributed by atoms with van der Waals surface area (Å²) >= 11 is 0. The maximum atomic E-state index is 13.1. The van der Waals surface area contributed by atoms with Crippen molar-refractivity contribution in [3.05, 3.63) is 59.2 Å². The van der Waals surface area contributed by atoms with E-state index in [0.717, 1.165) is 16.7 Å². The third-order valence-electron chi connectivity index (χ3n) is 5.75. The minimum Gasteiger partial charge on any atom is -0.497 e. The summed E-state index contributed by atoms with van der Waals surface area (Å²) in [5.74, 6) is 0.475. The number of nitrogens with zero attached hydrogens (tertiary/aromatic N) is 2. The van der Waals surface area contributed by atoms with E-state index in [-0.39, 0.29) is 5.91 Å². The first-order valence-corrected chi connectivity index (χ1v) is 11.3. The Balaban J connectivity index is 1.53. The van der Waals surface area contributed by atoms with E-state index in [4.69, 9.17) is 9.73 Å². The molecule has 0 bridgehead atoms. The molecule has 0 aliphatic carbocycles. The number of hydrogen-bond donors (Lipinski definition) is 1. The molecule has 2 aliphatic rings. The molecule has 1 saturated heterocycles. The molecule has 0 radical (unpaired) electrons. The molecule has 1 amide bonds. The summed E-state index contributed by atoms with van der Waals surface area (Å²) in [5.41, 5.74) is 2.11. The fourth-order valence-corrected chi connectivity index (χ4v) is 5.72. The number of hydrogen-bond acceptors (Lipinski definition) is 5. The van der Waals surface area contributed by atoms with Gasteiger partial charge < -0.3 is 10.1 Å². The molecular formula is C22H25N3O4S. The van der Waals surface area contributed by atoms with Crippen molar-refractivity contribution in [2.24, 2.45) is 4.99 Å². The maximum Gasteiger partial charge on any atom is 0.272 e. The molecule has 1 spiro atoms. The lowest BCUT2D eigenvalue weighted by Gasteiger charge is -2.36. The summed E-state index contributed by atoms with van der Waals surface area (Å²) in [6.07, 6.45) is 0.866. The van der Waals surface area contributed by atoms with Crippen molar-refractivity contribution in [3.63, 3.8) is 0 Å². The fourth-order valence-electron chi connectivity index (χ4n) is 4.07. The maximum absolute atomic E-state index is 13.1. The van der Waals surface area contributed by atoms with Crippen LogP contribution in [0.15, 0.2) is 52.4 Å². The summed E-state index contributed by atoms with van der Waals surface area (Å²) in [5, 5.41) is 2.98. The van der Waals surface area contributed by atoms with E-state index < -0.39 is 15.7 Å². The third kappa shape index (κ3) is 3.61. The quantitative estimate of drug-likeness (QED) is 0.812. The number of ether oxygens (including phenoxy) is 1. The number of benzene rings is 2. The van der Waals surface area contributed by atoms with E-state index in [9.17, 15) is 13.2 Å². The van der Waals surface area contributed by atoms with Gasteiger partial charge in [0, 0.05) is 31.5 Å². The van der Waals surface area contributed by atoms with Crippen LogP contribution in [-0.4, -0.2) is 50.2 Å². The highest BCUT2D eigenvalue weighted by atomic mass is 32.2. The highest BCUT2D eigenvalue weighted by molar-refractivity contribution is 7.89. The summed E-state index contributed by atoms with van der Waals surface area (Å²) in [4.78, 5) is 17.6. The van der Waals surface area contributed by atoms with E-state index in [0.29, 0.717) is 42.3 Å². The SMILES string of the molecule is COc1ccc(C2=NC3(CCN(S(=O)(=O)c4ccc(C)cc4C)CC3)NC2=O)cc1. The van der Waals surface area contributed by atoms with E-state index in [2.05, 4.69) is 5.32 Å². The number of carbonyl (C=O) groups is 1. The van der Waals surface area contributed by atoms with Crippen LogP contribution in [0.5, 0.6) is 5.75 Å². The van der Waals surface area contributed by atoms with Gasteiger partial charge in [-0.2, -0.15) is 4.31 Å². The van der Waals surface area contributed by atoms with Crippen molar-refractivity contribution in [3.8, 4) is 5.75 Å². The number of nitrogens with one attached hydrogen (secondary N) is 1. The molecule has 2 aromatic rings. The van der Waals surface area contributed by atoms with Crippen molar-refractivity contribution >= 4 is 21.6 Å². The molecule has 2 heterocycles. The zero-order chi connectivity index (χ0) is 21.5. The summed E-state index contributed by atoms with van der Waals surface area (Å²) in [7, 11) is -2.00. The number of rotatable bonds is 4. The number of sulfonamides is 1. The Morgan fingerprint density at radius 3 is 2.33 bits per heavy atom. The molecule has 0 saturated carbocycles. The Morgan fingerprint density at radius 1 is 1.07 bits per heavy atom. The number of carbonyl (C=O) groups excluding carboxylic acids is 1. The fraction of sp³-hybridized carbons (Fsp3) is 0.364. The molecule has 0 atom stereocenters. The molecule has 0 aromatic heterocycles. The smallest absolute Gasteiger partial charge is 0.272 e. The predicted molar refractivity (Wildman–Crippen MR) is 114 cm³/mol. The van der Waals surface area contributed by atoms with Crippen LogP contribution >= 0.6 is 0 Å². The Bertz CT molecular complexity index is 1120. The number of amides is 1. The van der Waals surface area contributed by atoms with E-state index in [1.54, 1.807) is 37.4 Å². The molecule has 0 unspecified atom stereocenters. The standard InChI is InChI=1S/C22H25N3O4S/c1-15-4-9-19(16(2)14-15)30(27,28)25-12-10-22(11-13-25)23-20(21(26)24-22)17-5-7-18(29-3)8-6-17/h4-9,14H,10-13H2,1-3H3,(H,24,26). The molecule has 1 N–H and O–H groups in total. The highest BCUT2D eigenvalue weighted by Gasteiger charge is 2.44. The number of aryl methyl sites for hydroxylation is 2. The second kappa shape index (κ2) is 7.52. The summed E-state index contributed by atoms with van der Waals surface area (Å²) in [6, 6.07) is 12.5. The van der Waals surface area contributed by atoms with Gasteiger partial charge in [-0.05, 0) is 49.7 Å². The molecular weight excluding hydrogens is 402 g/mol. The molecule has 2 aliphatic heterocycles. The predicted octanol–water partition coefficient (Wildman–Crippen LogP) is 2.41. The molecule has 30 heavy (non-hydrogen) atoms. The van der Waals surface area contributed by atoms with Crippen LogP contribution in [0.1, 0.15) is 29.5 Å². The van der Waals surface area contributed by atoms with Crippen LogP contribution in [0, 0.1) is 13.8 Å². The first-order valence-electron chi connectivity index (χ1n) is 9.88. The average Bonchev–Trinajstić information content (AvgIpc) is 3.03. The van der Waals surface area contributed by atoms with E-state index in [1.165, 1.54) is 4.31 Å². The van der Waals surface area contributed by atoms with Crippen molar-refractivity contribution in [1.29, 1.82) is 0 Å². The van der Waals surface area contributed by atoms with Gasteiger partial charge in [0.1, 0.15) is 17.1 Å². The topological polar surface area (TPSA) is 88.1 Å². The second-order valence-corrected chi connectivity index (χ2v) is 9.75. The van der Waals surface area contributed by atoms with Gasteiger partial charge >= 0.3 is 0 Å². The first kappa shape index (κ1) is 20.6. The van der Waals surface area contributed by atoms with Gasteiger partial charge in [0.2, 0.25) is 10.0 Å². The van der Waals surface area contributed by atoms with Crippen molar-refractivity contribution in [2.45, 2.75) is 37.2 Å². The highest BCUT2D eigenvalue weighted by Crippen LogP contribution is 2.32. The number of aliphatic imine (C=N–C) groups is 1. The molecule has 158 valence electrons. The second-order valence-electron chi connectivity index (χ2n) is 7.85. The lowest BCUT2D eigenvalue weighted by atomic mass is 10.00. The number of methoxy groups -OCH3 is 1. The minimum absolute atomic E-state index is 0.231. The minimum atomic E-state index is -3.58. The van der Waals surface area contributed by atoms with Gasteiger partial charge in [-0.1, -0.05) is 17.7 Å². The summed E-state index contributed by atoms with van der Waals surface area (Å²) < 4.78 is 32.9. The van der Waals surface area contributed by atoms with E-state index in [1.807, 2.05) is 26.0 Å². The van der Waals surface area contributed by atoms with Crippen LogP contribution in [0.3, 0.4) is 0 Å². The average molecular weight is 428 g/mol. The van der Waals surface area contributed by atoms with Crippen LogP contribution < -0.4 is 10.1 Å². The Hall–Kier alpha value is -2.71. The van der Waals surface area contributed by atoms with E-state index >= 15 is 0 Å². The summed E-state index contributed by atoms with van der Waals surface area (Å²) in [6.45, 7) is 4.35. The third-order valence-corrected chi connectivity index (χ3v) is 7.81. The Labute approximate surface area is 176 Å². The molecule has 7 nitrogen and oxygen atoms in total. The van der Waals surface area contributed by atoms with Crippen molar-refractivity contribution < 1.29 is 17.9 Å². The van der Waals surface area contributed by atoms with Gasteiger partial charge in [-0.25, -0.2) is 8.42 Å². The van der Waals surface area contributed by atoms with Gasteiger partial charge in [0.05, 0.1) is 12.0 Å². The van der Waals surface area contributed by atoms with Crippen molar-refractivity contribution in [1.82, 2.24) is 9.62 Å². The van der Waals surface area contributed by atoms with Crippen molar-refractivity contribution in [2.75, 3.05) is 20.2 Å². The first-order chi connectivity index (χ1) is 14.2.